The molecule has 1 aliphatic rings. The molecular weight excluding hydrogens is 421 g/mol. The van der Waals surface area contributed by atoms with Crippen LogP contribution in [0.1, 0.15) is 41.3 Å². The van der Waals surface area contributed by atoms with Crippen molar-refractivity contribution in [3.8, 4) is 0 Å². The van der Waals surface area contributed by atoms with E-state index in [-0.39, 0.29) is 28.9 Å². The average molecular weight is 446 g/mol. The third-order valence-corrected chi connectivity index (χ3v) is 5.57. The highest BCUT2D eigenvalue weighted by Crippen LogP contribution is 2.30. The number of anilines is 1. The van der Waals surface area contributed by atoms with E-state index in [1.165, 1.54) is 21.9 Å². The summed E-state index contributed by atoms with van der Waals surface area (Å²) in [4.78, 5) is 41.0. The van der Waals surface area contributed by atoms with E-state index in [2.05, 4.69) is 5.32 Å². The van der Waals surface area contributed by atoms with Crippen molar-refractivity contribution in [2.45, 2.75) is 38.8 Å². The van der Waals surface area contributed by atoms with E-state index in [0.717, 1.165) is 23.6 Å². The second-order valence-electron chi connectivity index (χ2n) is 7.79. The Kier molecular flexibility index (Phi) is 6.95. The molecule has 3 rings (SSSR count). The minimum atomic E-state index is -0.741. The van der Waals surface area contributed by atoms with Gasteiger partial charge in [-0.25, -0.2) is 4.39 Å². The maximum Gasteiger partial charge on any atom is 0.256 e. The van der Waals surface area contributed by atoms with Crippen LogP contribution in [0.2, 0.25) is 5.02 Å². The summed E-state index contributed by atoms with van der Waals surface area (Å²) in [6.07, 6.45) is 1.47. The number of likely N-dealkylation sites (N-methyl/N-ethyl adjacent to an activating group) is 1. The largest absolute Gasteiger partial charge is 0.347 e. The normalized spacial score (nSPS) is 15.3. The van der Waals surface area contributed by atoms with Crippen molar-refractivity contribution in [2.24, 2.45) is 0 Å². The van der Waals surface area contributed by atoms with Gasteiger partial charge in [0.15, 0.2) is 0 Å². The molecule has 0 saturated heterocycles. The summed E-state index contributed by atoms with van der Waals surface area (Å²) in [5, 5.41) is 2.97. The third kappa shape index (κ3) is 5.05. The van der Waals surface area contributed by atoms with Gasteiger partial charge in [-0.2, -0.15) is 0 Å². The van der Waals surface area contributed by atoms with Gasteiger partial charge in [-0.1, -0.05) is 24.6 Å². The quantitative estimate of drug-likeness (QED) is 0.759. The first-order chi connectivity index (χ1) is 14.7. The molecule has 2 aromatic rings. The molecule has 0 spiro atoms. The van der Waals surface area contributed by atoms with Crippen molar-refractivity contribution in [2.75, 3.05) is 19.4 Å². The number of carbonyl (C=O) groups excluding carboxylic acids is 3. The van der Waals surface area contributed by atoms with E-state index < -0.39 is 17.8 Å². The lowest BCUT2D eigenvalue weighted by Gasteiger charge is -2.37. The molecule has 3 amide bonds. The van der Waals surface area contributed by atoms with E-state index in [1.54, 1.807) is 20.2 Å². The van der Waals surface area contributed by atoms with Crippen LogP contribution in [0, 0.1) is 5.82 Å². The molecule has 1 aliphatic heterocycles. The summed E-state index contributed by atoms with van der Waals surface area (Å²) < 4.78 is 13.8. The van der Waals surface area contributed by atoms with Crippen molar-refractivity contribution >= 4 is 35.0 Å². The fraction of sp³-hybridized carbons (Fsp3) is 0.348. The molecule has 0 bridgehead atoms. The molecule has 1 heterocycles. The van der Waals surface area contributed by atoms with Crippen LogP contribution in [0.5, 0.6) is 0 Å². The summed E-state index contributed by atoms with van der Waals surface area (Å²) in [6, 6.07) is 8.32. The lowest BCUT2D eigenvalue weighted by molar-refractivity contribution is -0.134. The molecule has 1 N–H and O–H groups in total. The Labute approximate surface area is 186 Å². The lowest BCUT2D eigenvalue weighted by atomic mass is 9.92. The Morgan fingerprint density at radius 3 is 2.58 bits per heavy atom. The van der Waals surface area contributed by atoms with Crippen LogP contribution in [0.15, 0.2) is 36.4 Å². The predicted octanol–water partition coefficient (Wildman–Crippen LogP) is 3.87. The minimum absolute atomic E-state index is 0.00840. The second kappa shape index (κ2) is 9.47. The Morgan fingerprint density at radius 1 is 1.16 bits per heavy atom. The highest BCUT2D eigenvalue weighted by Gasteiger charge is 2.36. The molecule has 1 unspecified atom stereocenters. The van der Waals surface area contributed by atoms with Crippen LogP contribution in [0.3, 0.4) is 0 Å². The molecule has 164 valence electrons. The summed E-state index contributed by atoms with van der Waals surface area (Å²) in [7, 11) is 3.25. The van der Waals surface area contributed by atoms with Crippen molar-refractivity contribution < 1.29 is 18.8 Å². The van der Waals surface area contributed by atoms with Crippen LogP contribution in [0.25, 0.3) is 0 Å². The summed E-state index contributed by atoms with van der Waals surface area (Å²) in [5.41, 5.74) is 2.38. The highest BCUT2D eigenvalue weighted by molar-refractivity contribution is 6.33. The molecule has 31 heavy (non-hydrogen) atoms. The average Bonchev–Trinajstić information content (AvgIpc) is 2.73. The minimum Gasteiger partial charge on any atom is -0.347 e. The van der Waals surface area contributed by atoms with Crippen LogP contribution < -0.4 is 5.32 Å². The number of nitrogens with zero attached hydrogens (tertiary/aromatic N) is 2. The predicted molar refractivity (Wildman–Crippen MR) is 117 cm³/mol. The van der Waals surface area contributed by atoms with Crippen LogP contribution in [-0.4, -0.2) is 47.7 Å². The van der Waals surface area contributed by atoms with Gasteiger partial charge in [-0.05, 0) is 47.9 Å². The van der Waals surface area contributed by atoms with Gasteiger partial charge in [-0.3, -0.25) is 14.4 Å². The van der Waals surface area contributed by atoms with E-state index >= 15 is 0 Å². The maximum atomic E-state index is 13.8. The van der Waals surface area contributed by atoms with E-state index in [0.29, 0.717) is 18.5 Å². The highest BCUT2D eigenvalue weighted by atomic mass is 35.5. The molecule has 0 aromatic heterocycles. The number of hydrogen-bond acceptors (Lipinski definition) is 3. The van der Waals surface area contributed by atoms with Crippen molar-refractivity contribution in [1.29, 1.82) is 0 Å². The number of hydrogen-bond donors (Lipinski definition) is 1. The van der Waals surface area contributed by atoms with Gasteiger partial charge >= 0.3 is 0 Å². The molecule has 1 atom stereocenters. The van der Waals surface area contributed by atoms with Crippen molar-refractivity contribution in [3.05, 3.63) is 63.9 Å². The maximum absolute atomic E-state index is 13.8. The van der Waals surface area contributed by atoms with Gasteiger partial charge in [0.25, 0.3) is 5.91 Å². The number of halogens is 2. The Bertz CT molecular complexity index is 1030. The topological polar surface area (TPSA) is 69.7 Å². The summed E-state index contributed by atoms with van der Waals surface area (Å²) in [6.45, 7) is 2.07. The van der Waals surface area contributed by atoms with E-state index in [9.17, 15) is 18.8 Å². The number of rotatable bonds is 5. The number of fused-ring (bicyclic) bond motifs is 1. The number of carbonyl (C=O) groups is 3. The SMILES string of the molecule is CCCC(=O)Nc1ccc2c(c1)CN(C(=O)c1cc(F)ccc1Cl)C(C(=O)N(C)C)C2. The fourth-order valence-corrected chi connectivity index (χ4v) is 3.86. The zero-order chi connectivity index (χ0) is 22.7. The number of nitrogens with one attached hydrogen (secondary N) is 1. The Hall–Kier alpha value is -2.93. The van der Waals surface area contributed by atoms with Crippen LogP contribution in [0.4, 0.5) is 10.1 Å². The molecule has 2 aromatic carbocycles. The standard InChI is InChI=1S/C23H25ClFN3O3/c1-4-5-21(29)26-17-8-6-14-11-20(23(31)27(2)3)28(13-15(14)10-17)22(30)18-12-16(25)7-9-19(18)24/h6-10,12,20H,4-5,11,13H2,1-3H3,(H,26,29). The van der Waals surface area contributed by atoms with E-state index in [1.807, 2.05) is 19.1 Å². The summed E-state index contributed by atoms with van der Waals surface area (Å²) >= 11 is 6.16. The lowest BCUT2D eigenvalue weighted by Crippen LogP contribution is -2.52. The van der Waals surface area contributed by atoms with E-state index in [4.69, 9.17) is 11.6 Å². The molecular formula is C23H25ClFN3O3. The smallest absolute Gasteiger partial charge is 0.256 e. The zero-order valence-corrected chi connectivity index (χ0v) is 18.5. The first-order valence-electron chi connectivity index (χ1n) is 10.1. The first kappa shape index (κ1) is 22.7. The fourth-order valence-electron chi connectivity index (χ4n) is 3.66. The van der Waals surface area contributed by atoms with Gasteiger partial charge < -0.3 is 15.1 Å². The first-order valence-corrected chi connectivity index (χ1v) is 10.5. The van der Waals surface area contributed by atoms with Crippen molar-refractivity contribution in [1.82, 2.24) is 9.80 Å². The molecule has 0 radical (unpaired) electrons. The third-order valence-electron chi connectivity index (χ3n) is 5.24. The summed E-state index contributed by atoms with van der Waals surface area (Å²) in [5.74, 6) is -1.41. The number of amides is 3. The second-order valence-corrected chi connectivity index (χ2v) is 8.20. The van der Waals surface area contributed by atoms with Gasteiger partial charge in [0.1, 0.15) is 11.9 Å². The molecule has 8 heteroatoms. The van der Waals surface area contributed by atoms with Crippen LogP contribution in [-0.2, 0) is 22.6 Å². The van der Waals surface area contributed by atoms with Gasteiger partial charge in [0, 0.05) is 39.2 Å². The monoisotopic (exact) mass is 445 g/mol. The van der Waals surface area contributed by atoms with Gasteiger partial charge in [0.05, 0.1) is 10.6 Å². The van der Waals surface area contributed by atoms with Gasteiger partial charge in [-0.15, -0.1) is 0 Å². The molecule has 6 nitrogen and oxygen atoms in total. The number of benzene rings is 2. The van der Waals surface area contributed by atoms with Crippen LogP contribution >= 0.6 is 11.6 Å². The molecule has 0 saturated carbocycles. The molecule has 0 aliphatic carbocycles. The Morgan fingerprint density at radius 2 is 1.90 bits per heavy atom. The van der Waals surface area contributed by atoms with Crippen molar-refractivity contribution in [3.63, 3.8) is 0 Å². The zero-order valence-electron chi connectivity index (χ0n) is 17.7. The Balaban J connectivity index is 1.97. The van der Waals surface area contributed by atoms with Gasteiger partial charge in [0.2, 0.25) is 11.8 Å². The molecule has 0 fully saturated rings.